The number of aliphatic hydroxyl groups excluding tert-OH is 1. The summed E-state index contributed by atoms with van der Waals surface area (Å²) in [6.07, 6.45) is 4.58. The summed E-state index contributed by atoms with van der Waals surface area (Å²) < 4.78 is 1.87. The molecule has 3 atom stereocenters. The topological polar surface area (TPSA) is 92.9 Å². The molecule has 144 valence electrons. The highest BCUT2D eigenvalue weighted by Crippen LogP contribution is 2.33. The van der Waals surface area contributed by atoms with Crippen molar-refractivity contribution in [2.45, 2.75) is 44.2 Å². The minimum absolute atomic E-state index is 0.101. The monoisotopic (exact) mass is 377 g/mol. The molecule has 3 aromatic rings. The maximum atomic E-state index is 12.5. The summed E-state index contributed by atoms with van der Waals surface area (Å²) in [5, 5.41) is 18.0. The fourth-order valence-electron chi connectivity index (χ4n) is 3.75. The van der Waals surface area contributed by atoms with Crippen LogP contribution in [0.25, 0.3) is 5.69 Å². The van der Waals surface area contributed by atoms with Gasteiger partial charge in [0.1, 0.15) is 11.6 Å². The van der Waals surface area contributed by atoms with Gasteiger partial charge in [-0.15, -0.1) is 0 Å². The Hall–Kier alpha value is -3.06. The Morgan fingerprint density at radius 2 is 2.00 bits per heavy atom. The zero-order chi connectivity index (χ0) is 19.5. The van der Waals surface area contributed by atoms with Crippen LogP contribution in [-0.2, 0) is 0 Å². The van der Waals surface area contributed by atoms with Gasteiger partial charge < -0.3 is 10.4 Å². The lowest BCUT2D eigenvalue weighted by Gasteiger charge is -2.33. The molecule has 0 bridgehead atoms. The third kappa shape index (κ3) is 3.80. The Labute approximate surface area is 163 Å². The first-order valence-electron chi connectivity index (χ1n) is 9.50. The molecule has 7 heteroatoms. The fraction of sp³-hybridized carbons (Fsp3) is 0.333. The van der Waals surface area contributed by atoms with Crippen LogP contribution in [0.3, 0.4) is 0 Å². The van der Waals surface area contributed by atoms with Crippen LogP contribution in [0, 0.1) is 6.92 Å². The van der Waals surface area contributed by atoms with Gasteiger partial charge in [0.05, 0.1) is 23.4 Å². The van der Waals surface area contributed by atoms with Crippen LogP contribution in [0.4, 0.5) is 0 Å². The lowest BCUT2D eigenvalue weighted by Crippen LogP contribution is -2.47. The number of para-hydroxylation sites is 1. The van der Waals surface area contributed by atoms with E-state index in [-0.39, 0.29) is 17.9 Å². The number of hydrogen-bond acceptors (Lipinski definition) is 5. The van der Waals surface area contributed by atoms with Gasteiger partial charge in [0.2, 0.25) is 0 Å². The minimum atomic E-state index is -0.578. The average molecular weight is 377 g/mol. The summed E-state index contributed by atoms with van der Waals surface area (Å²) in [5.41, 5.74) is 1.44. The number of benzene rings is 1. The minimum Gasteiger partial charge on any atom is -0.391 e. The molecule has 0 radical (unpaired) electrons. The van der Waals surface area contributed by atoms with Crippen molar-refractivity contribution in [1.82, 2.24) is 25.1 Å². The van der Waals surface area contributed by atoms with Crippen molar-refractivity contribution in [2.75, 3.05) is 0 Å². The van der Waals surface area contributed by atoms with Gasteiger partial charge in [-0.2, -0.15) is 5.10 Å². The SMILES string of the molecule is Cc1nc([C@H]2CC[C@@H](O)[C@H](NC(=O)c3cccnc3)C2)n(-c2ccccc2)n1. The van der Waals surface area contributed by atoms with E-state index in [9.17, 15) is 9.90 Å². The second-order valence-electron chi connectivity index (χ2n) is 7.16. The van der Waals surface area contributed by atoms with E-state index >= 15 is 0 Å². The molecule has 28 heavy (non-hydrogen) atoms. The highest BCUT2D eigenvalue weighted by atomic mass is 16.3. The molecule has 7 nitrogen and oxygen atoms in total. The van der Waals surface area contributed by atoms with E-state index in [1.54, 1.807) is 18.3 Å². The zero-order valence-electron chi connectivity index (χ0n) is 15.7. The van der Waals surface area contributed by atoms with Gasteiger partial charge in [0.25, 0.3) is 5.91 Å². The maximum Gasteiger partial charge on any atom is 0.253 e. The predicted molar refractivity (Wildman–Crippen MR) is 104 cm³/mol. The van der Waals surface area contributed by atoms with Gasteiger partial charge in [-0.25, -0.2) is 9.67 Å². The lowest BCUT2D eigenvalue weighted by atomic mass is 9.83. The molecular formula is C21H23N5O2. The third-order valence-corrected chi connectivity index (χ3v) is 5.16. The molecule has 1 aliphatic carbocycles. The molecule has 2 aromatic heterocycles. The maximum absolute atomic E-state index is 12.5. The van der Waals surface area contributed by atoms with E-state index in [4.69, 9.17) is 0 Å². The predicted octanol–water partition coefficient (Wildman–Crippen LogP) is 2.40. The number of nitrogens with zero attached hydrogens (tertiary/aromatic N) is 4. The van der Waals surface area contributed by atoms with E-state index in [0.717, 1.165) is 17.9 Å². The highest BCUT2D eigenvalue weighted by molar-refractivity contribution is 5.94. The van der Waals surface area contributed by atoms with E-state index in [1.165, 1.54) is 6.20 Å². The average Bonchev–Trinajstić information content (AvgIpc) is 3.12. The summed E-state index contributed by atoms with van der Waals surface area (Å²) >= 11 is 0. The van der Waals surface area contributed by atoms with Crippen LogP contribution in [-0.4, -0.2) is 42.9 Å². The molecule has 0 spiro atoms. The Morgan fingerprint density at radius 1 is 1.18 bits per heavy atom. The highest BCUT2D eigenvalue weighted by Gasteiger charge is 2.34. The standard InChI is InChI=1S/C21H23N5O2/c1-14-23-20(26(25-14)17-7-3-2-4-8-17)15-9-10-19(27)18(12-15)24-21(28)16-6-5-11-22-13-16/h2-8,11,13,15,18-19,27H,9-10,12H2,1H3,(H,24,28)/t15-,18+,19+/m0/s1. The first kappa shape index (κ1) is 18.3. The zero-order valence-corrected chi connectivity index (χ0v) is 15.7. The number of amides is 1. The summed E-state index contributed by atoms with van der Waals surface area (Å²) in [4.78, 5) is 21.1. The van der Waals surface area contributed by atoms with Gasteiger partial charge in [-0.3, -0.25) is 9.78 Å². The Morgan fingerprint density at radius 3 is 2.75 bits per heavy atom. The second-order valence-corrected chi connectivity index (χ2v) is 7.16. The number of hydrogen-bond donors (Lipinski definition) is 2. The van der Waals surface area contributed by atoms with Crippen molar-refractivity contribution in [2.24, 2.45) is 0 Å². The number of aromatic nitrogens is 4. The molecule has 1 saturated carbocycles. The van der Waals surface area contributed by atoms with Gasteiger partial charge in [0.15, 0.2) is 0 Å². The number of aryl methyl sites for hydroxylation is 1. The molecule has 4 rings (SSSR count). The molecule has 1 aliphatic rings. The first-order valence-corrected chi connectivity index (χ1v) is 9.50. The summed E-state index contributed by atoms with van der Waals surface area (Å²) in [6, 6.07) is 13.0. The summed E-state index contributed by atoms with van der Waals surface area (Å²) in [7, 11) is 0. The van der Waals surface area contributed by atoms with Crippen LogP contribution in [0.2, 0.25) is 0 Å². The number of pyridine rings is 1. The number of rotatable bonds is 4. The summed E-state index contributed by atoms with van der Waals surface area (Å²) in [5.74, 6) is 1.46. The van der Waals surface area contributed by atoms with Crippen LogP contribution in [0.1, 0.15) is 47.2 Å². The lowest BCUT2D eigenvalue weighted by molar-refractivity contribution is 0.0670. The van der Waals surface area contributed by atoms with Crippen molar-refractivity contribution in [3.05, 3.63) is 72.1 Å². The van der Waals surface area contributed by atoms with Crippen molar-refractivity contribution in [1.29, 1.82) is 0 Å². The van der Waals surface area contributed by atoms with Crippen molar-refractivity contribution in [3.63, 3.8) is 0 Å². The number of aliphatic hydroxyl groups is 1. The molecule has 1 fully saturated rings. The van der Waals surface area contributed by atoms with Crippen molar-refractivity contribution >= 4 is 5.91 Å². The Kier molecular flexibility index (Phi) is 5.16. The van der Waals surface area contributed by atoms with Gasteiger partial charge in [-0.1, -0.05) is 18.2 Å². The Bertz CT molecular complexity index is 942. The molecule has 1 aromatic carbocycles. The molecule has 0 unspecified atom stereocenters. The molecule has 2 N–H and O–H groups in total. The van der Waals surface area contributed by atoms with Crippen molar-refractivity contribution < 1.29 is 9.90 Å². The molecule has 0 aliphatic heterocycles. The van der Waals surface area contributed by atoms with Gasteiger partial charge in [-0.05, 0) is 50.5 Å². The van der Waals surface area contributed by atoms with E-state index in [2.05, 4.69) is 20.4 Å². The van der Waals surface area contributed by atoms with Crippen LogP contribution in [0.5, 0.6) is 0 Å². The number of carbonyl (C=O) groups is 1. The molecule has 2 heterocycles. The smallest absolute Gasteiger partial charge is 0.253 e. The van der Waals surface area contributed by atoms with E-state index < -0.39 is 6.10 Å². The van der Waals surface area contributed by atoms with Gasteiger partial charge >= 0.3 is 0 Å². The molecule has 0 saturated heterocycles. The third-order valence-electron chi connectivity index (χ3n) is 5.16. The quantitative estimate of drug-likeness (QED) is 0.728. The van der Waals surface area contributed by atoms with Crippen LogP contribution >= 0.6 is 0 Å². The molecular weight excluding hydrogens is 354 g/mol. The van der Waals surface area contributed by atoms with Crippen LogP contribution in [0.15, 0.2) is 54.9 Å². The van der Waals surface area contributed by atoms with E-state index in [0.29, 0.717) is 24.2 Å². The largest absolute Gasteiger partial charge is 0.391 e. The first-order chi connectivity index (χ1) is 13.6. The summed E-state index contributed by atoms with van der Waals surface area (Å²) in [6.45, 7) is 1.88. The van der Waals surface area contributed by atoms with Gasteiger partial charge in [0, 0.05) is 18.3 Å². The number of carbonyl (C=O) groups excluding carboxylic acids is 1. The number of nitrogens with one attached hydrogen (secondary N) is 1. The molecule has 1 amide bonds. The second kappa shape index (κ2) is 7.90. The normalized spacial score (nSPS) is 22.0. The Balaban J connectivity index is 1.55. The fourth-order valence-corrected chi connectivity index (χ4v) is 3.75. The van der Waals surface area contributed by atoms with E-state index in [1.807, 2.05) is 41.9 Å². The van der Waals surface area contributed by atoms with Crippen LogP contribution < -0.4 is 5.32 Å². The van der Waals surface area contributed by atoms with Crippen molar-refractivity contribution in [3.8, 4) is 5.69 Å².